The molecule has 4 N–H and O–H groups in total. The van der Waals surface area contributed by atoms with Crippen LogP contribution in [0, 0.1) is 11.2 Å². The average Bonchev–Trinajstić information content (AvgIpc) is 2.49. The van der Waals surface area contributed by atoms with Crippen LogP contribution in [0.2, 0.25) is 0 Å². The molecule has 1 aliphatic carbocycles. The van der Waals surface area contributed by atoms with Gasteiger partial charge in [0, 0.05) is 36.2 Å². The number of hydrogen-bond acceptors (Lipinski definition) is 3. The van der Waals surface area contributed by atoms with E-state index in [-0.39, 0.29) is 17.6 Å². The van der Waals surface area contributed by atoms with Crippen LogP contribution in [0.3, 0.4) is 0 Å². The van der Waals surface area contributed by atoms with Gasteiger partial charge in [-0.3, -0.25) is 4.79 Å². The number of nitrogens with two attached hydrogens (primary N) is 1. The van der Waals surface area contributed by atoms with E-state index in [1.807, 2.05) is 0 Å². The first-order chi connectivity index (χ1) is 10.1. The van der Waals surface area contributed by atoms with E-state index in [9.17, 15) is 14.3 Å². The molecule has 0 heterocycles. The van der Waals surface area contributed by atoms with Crippen LogP contribution in [0.25, 0.3) is 0 Å². The number of nitrogens with one attached hydrogen (secondary N) is 1. The summed E-state index contributed by atoms with van der Waals surface area (Å²) >= 11 is 0. The maximum Gasteiger partial charge on any atom is 0.248 e. The Bertz CT molecular complexity index is 499. The van der Waals surface area contributed by atoms with Crippen molar-refractivity contribution in [3.8, 4) is 0 Å². The van der Waals surface area contributed by atoms with Crippen molar-refractivity contribution < 1.29 is 14.3 Å². The zero-order valence-corrected chi connectivity index (χ0v) is 12.2. The minimum Gasteiger partial charge on any atom is -0.396 e. The predicted octanol–water partition coefficient (Wildman–Crippen LogP) is 1.96. The first-order valence-corrected chi connectivity index (χ1v) is 7.46. The topological polar surface area (TPSA) is 75.4 Å². The molecule has 0 atom stereocenters. The molecule has 1 aliphatic rings. The molecule has 0 aromatic heterocycles. The number of halogens is 1. The molecular formula is C16H23FN2O2. The van der Waals surface area contributed by atoms with Crippen LogP contribution in [0.5, 0.6) is 0 Å². The van der Waals surface area contributed by atoms with Gasteiger partial charge in [-0.05, 0) is 25.0 Å². The van der Waals surface area contributed by atoms with Gasteiger partial charge in [-0.15, -0.1) is 0 Å². The van der Waals surface area contributed by atoms with E-state index in [0.717, 1.165) is 25.7 Å². The number of carbonyl (C=O) groups excluding carboxylic acids is 1. The molecular weight excluding hydrogens is 271 g/mol. The minimum atomic E-state index is -0.630. The quantitative estimate of drug-likeness (QED) is 0.750. The zero-order chi connectivity index (χ0) is 15.3. The Balaban J connectivity index is 1.92. The van der Waals surface area contributed by atoms with Crippen LogP contribution in [0.4, 0.5) is 4.39 Å². The third-order valence-corrected chi connectivity index (χ3v) is 4.40. The monoisotopic (exact) mass is 294 g/mol. The van der Waals surface area contributed by atoms with Gasteiger partial charge >= 0.3 is 0 Å². The third kappa shape index (κ3) is 4.02. The molecule has 0 bridgehead atoms. The molecule has 2 rings (SSSR count). The summed E-state index contributed by atoms with van der Waals surface area (Å²) in [5.74, 6) is -1.06. The largest absolute Gasteiger partial charge is 0.396 e. The molecule has 0 aliphatic heterocycles. The van der Waals surface area contributed by atoms with Gasteiger partial charge in [0.05, 0.1) is 0 Å². The Kier molecular flexibility index (Phi) is 5.31. The van der Waals surface area contributed by atoms with E-state index >= 15 is 0 Å². The van der Waals surface area contributed by atoms with E-state index in [4.69, 9.17) is 5.73 Å². The second-order valence-electron chi connectivity index (χ2n) is 5.99. The summed E-state index contributed by atoms with van der Waals surface area (Å²) in [5, 5.41) is 12.9. The fourth-order valence-corrected chi connectivity index (χ4v) is 3.00. The number of amides is 1. The highest BCUT2D eigenvalue weighted by Gasteiger charge is 2.30. The fraction of sp³-hybridized carbons (Fsp3) is 0.562. The van der Waals surface area contributed by atoms with Crippen molar-refractivity contribution in [3.05, 3.63) is 35.1 Å². The number of aliphatic hydroxyl groups is 1. The first kappa shape index (κ1) is 15.9. The van der Waals surface area contributed by atoms with E-state index in [1.54, 1.807) is 6.07 Å². The SMILES string of the molecule is NC(=O)c1ccc(CNCC2(CO)CCCCC2)c(F)c1. The van der Waals surface area contributed by atoms with Gasteiger partial charge in [-0.25, -0.2) is 4.39 Å². The van der Waals surface area contributed by atoms with Crippen LogP contribution >= 0.6 is 0 Å². The summed E-state index contributed by atoms with van der Waals surface area (Å²) < 4.78 is 13.9. The number of aliphatic hydroxyl groups excluding tert-OH is 1. The van der Waals surface area contributed by atoms with E-state index < -0.39 is 11.7 Å². The Morgan fingerprint density at radius 1 is 1.33 bits per heavy atom. The lowest BCUT2D eigenvalue weighted by atomic mass is 9.74. The Labute approximate surface area is 124 Å². The molecule has 5 heteroatoms. The van der Waals surface area contributed by atoms with Crippen LogP contribution in [0.1, 0.15) is 48.0 Å². The number of carbonyl (C=O) groups is 1. The van der Waals surface area contributed by atoms with E-state index in [2.05, 4.69) is 5.32 Å². The summed E-state index contributed by atoms with van der Waals surface area (Å²) in [6.45, 7) is 1.23. The van der Waals surface area contributed by atoms with Crippen LogP contribution < -0.4 is 11.1 Å². The van der Waals surface area contributed by atoms with Crippen LogP contribution in [-0.2, 0) is 6.54 Å². The average molecular weight is 294 g/mol. The molecule has 0 radical (unpaired) electrons. The number of benzene rings is 1. The van der Waals surface area contributed by atoms with Gasteiger partial charge in [0.25, 0.3) is 0 Å². The molecule has 1 amide bonds. The maximum absolute atomic E-state index is 13.9. The number of hydrogen-bond donors (Lipinski definition) is 3. The molecule has 1 aromatic carbocycles. The second-order valence-corrected chi connectivity index (χ2v) is 5.99. The molecule has 0 spiro atoms. The summed E-state index contributed by atoms with van der Waals surface area (Å²) in [7, 11) is 0. The highest BCUT2D eigenvalue weighted by atomic mass is 19.1. The summed E-state index contributed by atoms with van der Waals surface area (Å²) in [6, 6.07) is 4.28. The van der Waals surface area contributed by atoms with Crippen molar-refractivity contribution in [1.29, 1.82) is 0 Å². The smallest absolute Gasteiger partial charge is 0.248 e. The molecule has 4 nitrogen and oxygen atoms in total. The Hall–Kier alpha value is -1.46. The fourth-order valence-electron chi connectivity index (χ4n) is 3.00. The summed E-state index contributed by atoms with van der Waals surface area (Å²) in [5.41, 5.74) is 5.73. The lowest BCUT2D eigenvalue weighted by Crippen LogP contribution is -2.38. The van der Waals surface area contributed by atoms with Crippen molar-refractivity contribution in [2.75, 3.05) is 13.2 Å². The molecule has 1 aromatic rings. The van der Waals surface area contributed by atoms with E-state index in [1.165, 1.54) is 18.6 Å². The van der Waals surface area contributed by atoms with Gasteiger partial charge in [-0.1, -0.05) is 25.3 Å². The molecule has 116 valence electrons. The van der Waals surface area contributed by atoms with E-state index in [0.29, 0.717) is 18.7 Å². The second kappa shape index (κ2) is 7.00. The predicted molar refractivity (Wildman–Crippen MR) is 79.2 cm³/mol. The highest BCUT2D eigenvalue weighted by molar-refractivity contribution is 5.92. The van der Waals surface area contributed by atoms with Crippen molar-refractivity contribution in [1.82, 2.24) is 5.32 Å². The Morgan fingerprint density at radius 3 is 2.62 bits per heavy atom. The molecule has 0 saturated heterocycles. The summed E-state index contributed by atoms with van der Waals surface area (Å²) in [6.07, 6.45) is 5.54. The number of primary amides is 1. The van der Waals surface area contributed by atoms with Crippen molar-refractivity contribution >= 4 is 5.91 Å². The lowest BCUT2D eigenvalue weighted by molar-refractivity contribution is 0.0810. The minimum absolute atomic E-state index is 0.0676. The van der Waals surface area contributed by atoms with Gasteiger partial charge in [-0.2, -0.15) is 0 Å². The van der Waals surface area contributed by atoms with Crippen LogP contribution in [-0.4, -0.2) is 24.2 Å². The standard InChI is InChI=1S/C16H23FN2O2/c17-14-8-12(15(18)21)4-5-13(14)9-19-10-16(11-20)6-2-1-3-7-16/h4-5,8,19-20H,1-3,6-7,9-11H2,(H2,18,21). The zero-order valence-electron chi connectivity index (χ0n) is 12.2. The lowest BCUT2D eigenvalue weighted by Gasteiger charge is -2.35. The molecule has 0 unspecified atom stereocenters. The summed E-state index contributed by atoms with van der Waals surface area (Å²) in [4.78, 5) is 11.0. The van der Waals surface area contributed by atoms with Gasteiger partial charge < -0.3 is 16.2 Å². The molecule has 1 saturated carbocycles. The van der Waals surface area contributed by atoms with Gasteiger partial charge in [0.2, 0.25) is 5.91 Å². The maximum atomic E-state index is 13.9. The third-order valence-electron chi connectivity index (χ3n) is 4.40. The van der Waals surface area contributed by atoms with Crippen molar-refractivity contribution in [3.63, 3.8) is 0 Å². The van der Waals surface area contributed by atoms with Crippen molar-refractivity contribution in [2.24, 2.45) is 11.1 Å². The highest BCUT2D eigenvalue weighted by Crippen LogP contribution is 2.35. The number of rotatable bonds is 6. The molecule has 1 fully saturated rings. The van der Waals surface area contributed by atoms with Gasteiger partial charge in [0.1, 0.15) is 5.82 Å². The van der Waals surface area contributed by atoms with Crippen molar-refractivity contribution in [2.45, 2.75) is 38.6 Å². The van der Waals surface area contributed by atoms with Crippen LogP contribution in [0.15, 0.2) is 18.2 Å². The Morgan fingerprint density at radius 2 is 2.05 bits per heavy atom. The van der Waals surface area contributed by atoms with Gasteiger partial charge in [0.15, 0.2) is 0 Å². The molecule has 21 heavy (non-hydrogen) atoms. The normalized spacial score (nSPS) is 17.6. The first-order valence-electron chi connectivity index (χ1n) is 7.46.